The molecule has 0 rings (SSSR count). The summed E-state index contributed by atoms with van der Waals surface area (Å²) in [5.41, 5.74) is 8.88. The topological polar surface area (TPSA) is 115 Å². The highest BCUT2D eigenvalue weighted by Crippen LogP contribution is 1.51. The second kappa shape index (κ2) is 7.19. The maximum absolute atomic E-state index is 9.62. The van der Waals surface area contributed by atoms with Gasteiger partial charge >= 0.3 is 12.1 Å². The van der Waals surface area contributed by atoms with Crippen molar-refractivity contribution in [3.63, 3.8) is 0 Å². The maximum atomic E-state index is 9.62. The number of primary amides is 2. The molecule has 6 nitrogen and oxygen atoms in total. The third-order valence-corrected chi connectivity index (χ3v) is 0.246. The summed E-state index contributed by atoms with van der Waals surface area (Å²) in [6.45, 7) is 2.68. The van der Waals surface area contributed by atoms with Gasteiger partial charge in [-0.05, 0) is 6.58 Å². The molecule has 0 aromatic heterocycles. The fourth-order valence-corrected chi connectivity index (χ4v) is 0.121. The van der Waals surface area contributed by atoms with E-state index in [0.717, 1.165) is 0 Å². The third-order valence-electron chi connectivity index (χ3n) is 0.246. The molecule has 5 N–H and O–H groups in total. The van der Waals surface area contributed by atoms with Crippen LogP contribution in [0.2, 0.25) is 0 Å². The molecule has 0 aromatic carbocycles. The molecule has 0 heterocycles. The number of carbonyl (C=O) groups excluding carboxylic acids is 3. The molecule has 0 radical (unpaired) electrons. The molecule has 0 saturated heterocycles. The van der Waals surface area contributed by atoms with Gasteiger partial charge in [0.15, 0.2) is 0 Å². The average molecular weight is 145 g/mol. The van der Waals surface area contributed by atoms with Crippen LogP contribution in [-0.4, -0.2) is 18.0 Å². The van der Waals surface area contributed by atoms with E-state index in [1.807, 2.05) is 0 Å². The van der Waals surface area contributed by atoms with Gasteiger partial charge in [0.05, 0.1) is 0 Å². The van der Waals surface area contributed by atoms with Crippen LogP contribution < -0.4 is 16.8 Å². The van der Waals surface area contributed by atoms with Crippen LogP contribution in [0.3, 0.4) is 0 Å². The van der Waals surface area contributed by atoms with Crippen molar-refractivity contribution in [2.45, 2.75) is 0 Å². The zero-order valence-electron chi connectivity index (χ0n) is 5.09. The largest absolute Gasteiger partial charge is 0.351 e. The minimum absolute atomic E-state index is 0.937. The Morgan fingerprint density at radius 2 is 1.50 bits per heavy atom. The number of imide groups is 1. The van der Waals surface area contributed by atoms with E-state index in [1.54, 1.807) is 5.32 Å². The van der Waals surface area contributed by atoms with Gasteiger partial charge < -0.3 is 11.5 Å². The Kier molecular flexibility index (Phi) is 7.94. The van der Waals surface area contributed by atoms with Crippen LogP contribution in [0, 0.1) is 0 Å². The summed E-state index contributed by atoms with van der Waals surface area (Å²) in [5.74, 6) is 1.25. The van der Waals surface area contributed by atoms with Crippen molar-refractivity contribution < 1.29 is 14.4 Å². The maximum Gasteiger partial charge on any atom is 0.320 e. The molecule has 56 valence electrons. The first-order valence-electron chi connectivity index (χ1n) is 2.04. The Balaban J connectivity index is 0. The molecule has 0 aliphatic carbocycles. The van der Waals surface area contributed by atoms with Crippen LogP contribution >= 0.6 is 0 Å². The van der Waals surface area contributed by atoms with Gasteiger partial charge in [-0.1, -0.05) is 0 Å². The number of nitrogens with one attached hydrogen (secondary N) is 1. The van der Waals surface area contributed by atoms with Gasteiger partial charge in [-0.2, -0.15) is 0 Å². The second-order valence-corrected chi connectivity index (χ2v) is 0.998. The smallest absolute Gasteiger partial charge is 0.320 e. The number of urea groups is 2. The summed E-state index contributed by atoms with van der Waals surface area (Å²) in [5, 5.41) is 1.58. The van der Waals surface area contributed by atoms with Crippen LogP contribution in [0.1, 0.15) is 0 Å². The van der Waals surface area contributed by atoms with Crippen molar-refractivity contribution in [2.24, 2.45) is 11.5 Å². The van der Waals surface area contributed by atoms with Gasteiger partial charge in [0.2, 0.25) is 0 Å². The quantitative estimate of drug-likeness (QED) is 0.369. The van der Waals surface area contributed by atoms with Gasteiger partial charge in [0, 0.05) is 0 Å². The van der Waals surface area contributed by atoms with E-state index < -0.39 is 12.1 Å². The molecule has 0 fully saturated rings. The zero-order valence-corrected chi connectivity index (χ0v) is 5.09. The Bertz CT molecular complexity index is 147. The van der Waals surface area contributed by atoms with Crippen molar-refractivity contribution in [3.8, 4) is 0 Å². The lowest BCUT2D eigenvalue weighted by Gasteiger charge is -1.88. The summed E-state index contributed by atoms with van der Waals surface area (Å²) in [7, 11) is 0. The third kappa shape index (κ3) is 34.8. The minimum Gasteiger partial charge on any atom is -0.351 e. The molecule has 0 aliphatic heterocycles. The number of rotatable bonds is 0. The monoisotopic (exact) mass is 145 g/mol. The Hall–Kier alpha value is -1.81. The number of hydrogen-bond acceptors (Lipinski definition) is 3. The fourth-order valence-electron chi connectivity index (χ4n) is 0.121. The van der Waals surface area contributed by atoms with Crippen molar-refractivity contribution in [2.75, 3.05) is 0 Å². The zero-order chi connectivity index (χ0) is 8.57. The van der Waals surface area contributed by atoms with Gasteiger partial charge in [0.25, 0.3) is 0 Å². The Labute approximate surface area is 56.9 Å². The first-order chi connectivity index (χ1) is 4.54. The lowest BCUT2D eigenvalue weighted by atomic mass is 10.9. The number of hydrogen-bond donors (Lipinski definition) is 3. The van der Waals surface area contributed by atoms with Crippen LogP contribution in [0.5, 0.6) is 0 Å². The highest BCUT2D eigenvalue weighted by atomic mass is 16.2. The summed E-state index contributed by atoms with van der Waals surface area (Å²) < 4.78 is 0. The fraction of sp³-hybridized carbons (Fsp3) is 0. The highest BCUT2D eigenvalue weighted by molar-refractivity contribution is 5.91. The highest BCUT2D eigenvalue weighted by Gasteiger charge is 1.92. The van der Waals surface area contributed by atoms with Crippen LogP contribution in [0.4, 0.5) is 9.59 Å². The van der Waals surface area contributed by atoms with Crippen molar-refractivity contribution in [1.29, 1.82) is 0 Å². The van der Waals surface area contributed by atoms with E-state index in [4.69, 9.17) is 4.79 Å². The minimum atomic E-state index is -0.938. The number of nitrogens with two attached hydrogens (primary N) is 2. The molecular formula is C4H7N3O3. The van der Waals surface area contributed by atoms with Crippen molar-refractivity contribution in [1.82, 2.24) is 5.32 Å². The standard InChI is InChI=1S/C2H5N3O2.C2H2O/c3-1(6)5-2(4)7;1-2-3/h(H5,3,4,5,6,7);1H2. The molecule has 0 spiro atoms. The lowest BCUT2D eigenvalue weighted by Crippen LogP contribution is -2.38. The second-order valence-electron chi connectivity index (χ2n) is 0.998. The molecule has 6 heteroatoms. The SMILES string of the molecule is C=C=O.NC(=O)NC(N)=O. The molecule has 10 heavy (non-hydrogen) atoms. The van der Waals surface area contributed by atoms with Crippen molar-refractivity contribution in [3.05, 3.63) is 6.58 Å². The Morgan fingerprint density at radius 3 is 1.50 bits per heavy atom. The van der Waals surface area contributed by atoms with E-state index in [-0.39, 0.29) is 0 Å². The molecular weight excluding hydrogens is 138 g/mol. The molecule has 0 saturated carbocycles. The van der Waals surface area contributed by atoms with Gasteiger partial charge in [-0.3, -0.25) is 5.32 Å². The first-order valence-corrected chi connectivity index (χ1v) is 2.04. The lowest BCUT2D eigenvalue weighted by molar-refractivity contribution is 0.236. The van der Waals surface area contributed by atoms with E-state index in [2.05, 4.69) is 18.0 Å². The molecule has 4 amide bonds. The summed E-state index contributed by atoms with van der Waals surface area (Å²) in [6, 6.07) is -1.88. The van der Waals surface area contributed by atoms with Gasteiger partial charge in [0.1, 0.15) is 5.94 Å². The molecule has 0 unspecified atom stereocenters. The molecule has 0 aliphatic rings. The van der Waals surface area contributed by atoms with E-state index >= 15 is 0 Å². The predicted molar refractivity (Wildman–Crippen MR) is 33.6 cm³/mol. The van der Waals surface area contributed by atoms with Crippen LogP contribution in [0.15, 0.2) is 6.58 Å². The van der Waals surface area contributed by atoms with Crippen LogP contribution in [-0.2, 0) is 4.79 Å². The predicted octanol–water partition coefficient (Wildman–Crippen LogP) is -1.26. The average Bonchev–Trinajstić information content (AvgIpc) is 1.62. The molecule has 0 bridgehead atoms. The Morgan fingerprint density at radius 1 is 1.30 bits per heavy atom. The summed E-state index contributed by atoms with van der Waals surface area (Å²) in [4.78, 5) is 27.8. The summed E-state index contributed by atoms with van der Waals surface area (Å²) >= 11 is 0. The summed E-state index contributed by atoms with van der Waals surface area (Å²) in [6.07, 6.45) is 0. The van der Waals surface area contributed by atoms with E-state index in [9.17, 15) is 9.59 Å². The van der Waals surface area contributed by atoms with Gasteiger partial charge in [-0.25, -0.2) is 14.4 Å². The molecule has 0 atom stereocenters. The number of amides is 4. The normalized spacial score (nSPS) is 6.00. The van der Waals surface area contributed by atoms with E-state index in [1.165, 1.54) is 5.94 Å². The number of carbonyl (C=O) groups is 2. The van der Waals surface area contributed by atoms with Crippen molar-refractivity contribution >= 4 is 18.0 Å². The van der Waals surface area contributed by atoms with Gasteiger partial charge in [-0.15, -0.1) is 0 Å². The molecule has 0 aromatic rings. The van der Waals surface area contributed by atoms with E-state index in [0.29, 0.717) is 0 Å². The van der Waals surface area contributed by atoms with Crippen LogP contribution in [0.25, 0.3) is 0 Å². The first kappa shape index (κ1) is 11.0.